The molecule has 0 aliphatic rings. The van der Waals surface area contributed by atoms with E-state index < -0.39 is 0 Å². The third kappa shape index (κ3) is 2.91. The lowest BCUT2D eigenvalue weighted by Crippen LogP contribution is -2.24. The number of nitrogens with zero attached hydrogens (tertiary/aromatic N) is 3. The van der Waals surface area contributed by atoms with E-state index in [0.29, 0.717) is 5.69 Å². The molecule has 1 N–H and O–H groups in total. The molecule has 2 aromatic rings. The number of amides is 1. The van der Waals surface area contributed by atoms with Crippen molar-refractivity contribution in [1.82, 2.24) is 14.8 Å². The van der Waals surface area contributed by atoms with Gasteiger partial charge < -0.3 is 5.32 Å². The Morgan fingerprint density at radius 1 is 1.53 bits per heavy atom. The van der Waals surface area contributed by atoms with E-state index in [1.807, 2.05) is 0 Å². The molecule has 0 spiro atoms. The summed E-state index contributed by atoms with van der Waals surface area (Å²) in [5, 5.41) is 6.80. The number of anilines is 1. The van der Waals surface area contributed by atoms with Gasteiger partial charge >= 0.3 is 0 Å². The molecule has 5 nitrogen and oxygen atoms in total. The fraction of sp³-hybridized carbons (Fsp3) is 0.182. The molecule has 1 atom stereocenters. The molecule has 0 bridgehead atoms. The highest BCUT2D eigenvalue weighted by Crippen LogP contribution is 2.12. The van der Waals surface area contributed by atoms with E-state index in [9.17, 15) is 4.79 Å². The van der Waals surface area contributed by atoms with Crippen molar-refractivity contribution in [3.63, 3.8) is 0 Å². The van der Waals surface area contributed by atoms with Gasteiger partial charge in [0.05, 0.1) is 11.9 Å². The molecule has 1 amide bonds. The summed E-state index contributed by atoms with van der Waals surface area (Å²) in [4.78, 5) is 15.9. The van der Waals surface area contributed by atoms with Crippen molar-refractivity contribution < 1.29 is 4.79 Å². The average molecular weight is 295 g/mol. The molecule has 1 unspecified atom stereocenters. The Morgan fingerprint density at radius 3 is 2.94 bits per heavy atom. The van der Waals surface area contributed by atoms with Crippen LogP contribution in [0.25, 0.3) is 0 Å². The Labute approximate surface area is 107 Å². The van der Waals surface area contributed by atoms with Gasteiger partial charge in [0.2, 0.25) is 5.91 Å². The first kappa shape index (κ1) is 11.8. The van der Waals surface area contributed by atoms with Gasteiger partial charge in [-0.05, 0) is 41.1 Å². The Hall–Kier alpha value is -1.69. The summed E-state index contributed by atoms with van der Waals surface area (Å²) in [6.07, 6.45) is 4.99. The van der Waals surface area contributed by atoms with Crippen molar-refractivity contribution in [3.05, 3.63) is 41.4 Å². The van der Waals surface area contributed by atoms with E-state index in [4.69, 9.17) is 0 Å². The first-order valence-corrected chi connectivity index (χ1v) is 5.87. The van der Waals surface area contributed by atoms with Crippen LogP contribution in [0.5, 0.6) is 0 Å². The van der Waals surface area contributed by atoms with Crippen LogP contribution in [0, 0.1) is 0 Å². The number of hydrogen-bond acceptors (Lipinski definition) is 3. The molecule has 0 fully saturated rings. The fourth-order valence-corrected chi connectivity index (χ4v) is 1.56. The average Bonchev–Trinajstić information content (AvgIpc) is 2.84. The minimum atomic E-state index is -0.353. The summed E-state index contributed by atoms with van der Waals surface area (Å²) < 4.78 is 2.33. The standard InChI is InChI=1S/C11H11BrN4O/c1-8(16-6-2-5-14-16)11(17)15-9-3-4-10(12)13-7-9/h2-8H,1H3,(H,15,17). The molecule has 2 rings (SSSR count). The van der Waals surface area contributed by atoms with Crippen LogP contribution in [-0.2, 0) is 4.79 Å². The fourth-order valence-electron chi connectivity index (χ4n) is 1.33. The highest BCUT2D eigenvalue weighted by molar-refractivity contribution is 9.10. The molecule has 17 heavy (non-hydrogen) atoms. The van der Waals surface area contributed by atoms with Crippen LogP contribution >= 0.6 is 15.9 Å². The largest absolute Gasteiger partial charge is 0.323 e. The maximum Gasteiger partial charge on any atom is 0.248 e. The minimum Gasteiger partial charge on any atom is -0.323 e. The second-order valence-electron chi connectivity index (χ2n) is 3.52. The predicted octanol–water partition coefficient (Wildman–Crippen LogP) is 2.24. The minimum absolute atomic E-state index is 0.127. The van der Waals surface area contributed by atoms with E-state index in [-0.39, 0.29) is 11.9 Å². The van der Waals surface area contributed by atoms with Gasteiger partial charge in [-0.25, -0.2) is 4.98 Å². The summed E-state index contributed by atoms with van der Waals surface area (Å²) in [6.45, 7) is 1.79. The van der Waals surface area contributed by atoms with E-state index in [1.54, 1.807) is 48.4 Å². The van der Waals surface area contributed by atoms with E-state index in [0.717, 1.165) is 4.60 Å². The van der Waals surface area contributed by atoms with Crippen LogP contribution in [0.2, 0.25) is 0 Å². The number of carbonyl (C=O) groups excluding carboxylic acids is 1. The normalized spacial score (nSPS) is 12.1. The van der Waals surface area contributed by atoms with Crippen LogP contribution in [0.15, 0.2) is 41.4 Å². The van der Waals surface area contributed by atoms with Crippen molar-refractivity contribution >= 4 is 27.5 Å². The third-order valence-corrected chi connectivity index (χ3v) is 2.77. The molecule has 88 valence electrons. The van der Waals surface area contributed by atoms with Gasteiger partial charge in [-0.15, -0.1) is 0 Å². The molecule has 0 aliphatic carbocycles. The van der Waals surface area contributed by atoms with Gasteiger partial charge in [0, 0.05) is 12.4 Å². The van der Waals surface area contributed by atoms with Crippen molar-refractivity contribution in [2.24, 2.45) is 0 Å². The zero-order chi connectivity index (χ0) is 12.3. The zero-order valence-electron chi connectivity index (χ0n) is 9.17. The summed E-state index contributed by atoms with van der Waals surface area (Å²) in [7, 11) is 0. The molecular weight excluding hydrogens is 284 g/mol. The topological polar surface area (TPSA) is 59.8 Å². The first-order valence-electron chi connectivity index (χ1n) is 5.08. The highest BCUT2D eigenvalue weighted by atomic mass is 79.9. The summed E-state index contributed by atoms with van der Waals surface area (Å²) >= 11 is 3.23. The molecule has 0 saturated heterocycles. The summed E-state index contributed by atoms with van der Waals surface area (Å²) in [6, 6.07) is 4.98. The number of carbonyl (C=O) groups is 1. The van der Waals surface area contributed by atoms with Crippen LogP contribution < -0.4 is 5.32 Å². The monoisotopic (exact) mass is 294 g/mol. The molecule has 0 aliphatic heterocycles. The van der Waals surface area contributed by atoms with E-state index in [2.05, 4.69) is 31.3 Å². The maximum atomic E-state index is 11.9. The Kier molecular flexibility index (Phi) is 3.53. The SMILES string of the molecule is CC(C(=O)Nc1ccc(Br)nc1)n1cccn1. The van der Waals surface area contributed by atoms with Crippen LogP contribution in [0.3, 0.4) is 0 Å². The van der Waals surface area contributed by atoms with Gasteiger partial charge in [0.25, 0.3) is 0 Å². The van der Waals surface area contributed by atoms with E-state index >= 15 is 0 Å². The maximum absolute atomic E-state index is 11.9. The Balaban J connectivity index is 2.04. The lowest BCUT2D eigenvalue weighted by Gasteiger charge is -2.12. The number of rotatable bonds is 3. The summed E-state index contributed by atoms with van der Waals surface area (Å²) in [5.74, 6) is -0.127. The second kappa shape index (κ2) is 5.09. The number of aromatic nitrogens is 3. The first-order chi connectivity index (χ1) is 8.16. The number of pyridine rings is 1. The van der Waals surface area contributed by atoms with Crippen molar-refractivity contribution in [2.45, 2.75) is 13.0 Å². The van der Waals surface area contributed by atoms with Gasteiger partial charge in [-0.1, -0.05) is 0 Å². The highest BCUT2D eigenvalue weighted by Gasteiger charge is 2.14. The van der Waals surface area contributed by atoms with Crippen LogP contribution in [-0.4, -0.2) is 20.7 Å². The van der Waals surface area contributed by atoms with Gasteiger partial charge in [-0.2, -0.15) is 5.10 Å². The Bertz CT molecular complexity index is 495. The second-order valence-corrected chi connectivity index (χ2v) is 4.33. The number of hydrogen-bond donors (Lipinski definition) is 1. The molecule has 2 aromatic heterocycles. The van der Waals surface area contributed by atoms with Gasteiger partial charge in [0.1, 0.15) is 10.6 Å². The molecule has 0 aromatic carbocycles. The lowest BCUT2D eigenvalue weighted by molar-refractivity contribution is -0.119. The predicted molar refractivity (Wildman–Crippen MR) is 67.5 cm³/mol. The van der Waals surface area contributed by atoms with Gasteiger partial charge in [-0.3, -0.25) is 9.48 Å². The van der Waals surface area contributed by atoms with Gasteiger partial charge in [0.15, 0.2) is 0 Å². The quantitative estimate of drug-likeness (QED) is 0.883. The molecular formula is C11H11BrN4O. The molecule has 0 radical (unpaired) electrons. The lowest BCUT2D eigenvalue weighted by atomic mass is 10.3. The van der Waals surface area contributed by atoms with Crippen molar-refractivity contribution in [2.75, 3.05) is 5.32 Å². The zero-order valence-corrected chi connectivity index (χ0v) is 10.8. The number of nitrogens with one attached hydrogen (secondary N) is 1. The third-order valence-electron chi connectivity index (χ3n) is 2.30. The smallest absolute Gasteiger partial charge is 0.248 e. The summed E-state index contributed by atoms with van der Waals surface area (Å²) in [5.41, 5.74) is 0.664. The molecule has 0 saturated carbocycles. The van der Waals surface area contributed by atoms with Crippen molar-refractivity contribution in [1.29, 1.82) is 0 Å². The number of halogens is 1. The van der Waals surface area contributed by atoms with Crippen molar-refractivity contribution in [3.8, 4) is 0 Å². The molecule has 2 heterocycles. The van der Waals surface area contributed by atoms with E-state index in [1.165, 1.54) is 0 Å². The van der Waals surface area contributed by atoms with Crippen LogP contribution in [0.4, 0.5) is 5.69 Å². The van der Waals surface area contributed by atoms with Crippen LogP contribution in [0.1, 0.15) is 13.0 Å². The molecule has 6 heteroatoms. The Morgan fingerprint density at radius 2 is 2.35 bits per heavy atom.